The Morgan fingerprint density at radius 2 is 1.83 bits per heavy atom. The third-order valence-corrected chi connectivity index (χ3v) is 3.99. The first-order valence-corrected chi connectivity index (χ1v) is 7.88. The average molecular weight is 334 g/mol. The Hall–Kier alpha value is -2.07. The van der Waals surface area contributed by atoms with E-state index in [-0.39, 0.29) is 17.9 Å². The number of benzene rings is 1. The number of ether oxygens (including phenoxy) is 1. The number of hydrogen-bond donors (Lipinski definition) is 0. The second-order valence-electron chi connectivity index (χ2n) is 5.56. The van der Waals surface area contributed by atoms with Gasteiger partial charge in [0.05, 0.1) is 11.8 Å². The summed E-state index contributed by atoms with van der Waals surface area (Å²) in [5, 5.41) is 0.605. The summed E-state index contributed by atoms with van der Waals surface area (Å²) in [6, 6.07) is 10.6. The van der Waals surface area contributed by atoms with Crippen molar-refractivity contribution in [3.05, 3.63) is 58.4 Å². The monoisotopic (exact) mass is 333 g/mol. The molecule has 0 bridgehead atoms. The van der Waals surface area contributed by atoms with Crippen LogP contribution in [-0.4, -0.2) is 22.4 Å². The maximum absolute atomic E-state index is 12.5. The van der Waals surface area contributed by atoms with Crippen LogP contribution in [0.1, 0.15) is 42.0 Å². The summed E-state index contributed by atoms with van der Waals surface area (Å²) in [6.45, 7) is 3.27. The zero-order valence-corrected chi connectivity index (χ0v) is 14.3. The standard InChI is InChI=1S/C18H20ClNO3/c1-12(23-13(2)21)4-9-16-10-11-17(20(16)3)18(22)14-5-7-15(19)8-6-14/h5-8,10-12H,4,9H2,1-3H3. The molecular weight excluding hydrogens is 314 g/mol. The highest BCUT2D eigenvalue weighted by Gasteiger charge is 2.15. The van der Waals surface area contributed by atoms with Gasteiger partial charge in [0.15, 0.2) is 0 Å². The van der Waals surface area contributed by atoms with Crippen LogP contribution in [0.4, 0.5) is 0 Å². The minimum atomic E-state index is -0.275. The third kappa shape index (κ3) is 4.45. The van der Waals surface area contributed by atoms with Gasteiger partial charge in [0.25, 0.3) is 0 Å². The molecule has 2 aromatic rings. The van der Waals surface area contributed by atoms with Crippen LogP contribution >= 0.6 is 11.6 Å². The Bertz CT molecular complexity index is 704. The lowest BCUT2D eigenvalue weighted by Crippen LogP contribution is -2.14. The number of hydrogen-bond acceptors (Lipinski definition) is 3. The van der Waals surface area contributed by atoms with Crippen LogP contribution in [0.15, 0.2) is 36.4 Å². The van der Waals surface area contributed by atoms with Crippen molar-refractivity contribution in [3.8, 4) is 0 Å². The van der Waals surface area contributed by atoms with E-state index in [9.17, 15) is 9.59 Å². The largest absolute Gasteiger partial charge is 0.463 e. The summed E-state index contributed by atoms with van der Waals surface area (Å²) < 4.78 is 7.01. The highest BCUT2D eigenvalue weighted by molar-refractivity contribution is 6.30. The van der Waals surface area contributed by atoms with Gasteiger partial charge < -0.3 is 9.30 Å². The first kappa shape index (κ1) is 17.3. The molecule has 0 fully saturated rings. The number of esters is 1. The average Bonchev–Trinajstić information content (AvgIpc) is 2.85. The number of nitrogens with zero attached hydrogens (tertiary/aromatic N) is 1. The lowest BCUT2D eigenvalue weighted by Gasteiger charge is -2.12. The van der Waals surface area contributed by atoms with Crippen LogP contribution in [0, 0.1) is 0 Å². The molecule has 4 nitrogen and oxygen atoms in total. The van der Waals surface area contributed by atoms with Crippen LogP contribution in [0.5, 0.6) is 0 Å². The Balaban J connectivity index is 2.08. The third-order valence-electron chi connectivity index (χ3n) is 3.74. The molecule has 23 heavy (non-hydrogen) atoms. The molecule has 0 aliphatic heterocycles. The lowest BCUT2D eigenvalue weighted by molar-refractivity contribution is -0.145. The van der Waals surface area contributed by atoms with Gasteiger partial charge in [0.1, 0.15) is 0 Å². The molecule has 1 heterocycles. The number of carbonyl (C=O) groups is 2. The molecule has 0 aliphatic carbocycles. The number of rotatable bonds is 6. The molecule has 1 aromatic heterocycles. The molecule has 0 saturated heterocycles. The van der Waals surface area contributed by atoms with E-state index in [0.717, 1.165) is 12.1 Å². The fraction of sp³-hybridized carbons (Fsp3) is 0.333. The summed E-state index contributed by atoms with van der Waals surface area (Å²) >= 11 is 5.85. The lowest BCUT2D eigenvalue weighted by atomic mass is 10.1. The van der Waals surface area contributed by atoms with Gasteiger partial charge in [-0.2, -0.15) is 0 Å². The van der Waals surface area contributed by atoms with E-state index >= 15 is 0 Å². The van der Waals surface area contributed by atoms with Gasteiger partial charge in [-0.05, 0) is 56.2 Å². The summed E-state index contributed by atoms with van der Waals surface area (Å²) in [4.78, 5) is 23.5. The molecule has 0 N–H and O–H groups in total. The molecule has 1 atom stereocenters. The molecule has 1 unspecified atom stereocenters. The number of carbonyl (C=O) groups excluding carboxylic acids is 2. The second kappa shape index (κ2) is 7.47. The fourth-order valence-corrected chi connectivity index (χ4v) is 2.60. The molecule has 0 aliphatic rings. The van der Waals surface area contributed by atoms with Crippen LogP contribution in [-0.2, 0) is 23.0 Å². The van der Waals surface area contributed by atoms with E-state index in [4.69, 9.17) is 16.3 Å². The molecule has 0 amide bonds. The van der Waals surface area contributed by atoms with Crippen LogP contribution in [0.3, 0.4) is 0 Å². The normalized spacial score (nSPS) is 12.0. The van der Waals surface area contributed by atoms with E-state index in [2.05, 4.69) is 0 Å². The number of aryl methyl sites for hydroxylation is 1. The van der Waals surface area contributed by atoms with Crippen molar-refractivity contribution in [2.24, 2.45) is 7.05 Å². The van der Waals surface area contributed by atoms with Gasteiger partial charge in [0.2, 0.25) is 5.78 Å². The fourth-order valence-electron chi connectivity index (χ4n) is 2.48. The van der Waals surface area contributed by atoms with Gasteiger partial charge >= 0.3 is 5.97 Å². The molecule has 0 spiro atoms. The van der Waals surface area contributed by atoms with Gasteiger partial charge in [-0.1, -0.05) is 11.6 Å². The van der Waals surface area contributed by atoms with Crippen molar-refractivity contribution in [2.75, 3.05) is 0 Å². The van der Waals surface area contributed by atoms with Crippen molar-refractivity contribution >= 4 is 23.4 Å². The first-order chi connectivity index (χ1) is 10.9. The van der Waals surface area contributed by atoms with Crippen LogP contribution < -0.4 is 0 Å². The van der Waals surface area contributed by atoms with Gasteiger partial charge in [-0.15, -0.1) is 0 Å². The number of halogens is 1. The van der Waals surface area contributed by atoms with Gasteiger partial charge in [0, 0.05) is 30.3 Å². The first-order valence-electron chi connectivity index (χ1n) is 7.50. The van der Waals surface area contributed by atoms with Crippen LogP contribution in [0.2, 0.25) is 5.02 Å². The Morgan fingerprint density at radius 1 is 1.17 bits per heavy atom. The maximum atomic E-state index is 12.5. The summed E-state index contributed by atoms with van der Waals surface area (Å²) in [5.74, 6) is -0.313. The summed E-state index contributed by atoms with van der Waals surface area (Å²) in [6.07, 6.45) is 1.31. The molecular formula is C18H20ClNO3. The highest BCUT2D eigenvalue weighted by Crippen LogP contribution is 2.17. The van der Waals surface area contributed by atoms with Crippen molar-refractivity contribution in [1.82, 2.24) is 4.57 Å². The summed E-state index contributed by atoms with van der Waals surface area (Å²) in [5.41, 5.74) is 2.26. The molecule has 5 heteroatoms. The SMILES string of the molecule is CC(=O)OC(C)CCc1ccc(C(=O)c2ccc(Cl)cc2)n1C. The number of ketones is 1. The smallest absolute Gasteiger partial charge is 0.302 e. The Morgan fingerprint density at radius 3 is 2.43 bits per heavy atom. The quantitative estimate of drug-likeness (QED) is 0.597. The molecule has 0 radical (unpaired) electrons. The van der Waals surface area contributed by atoms with Gasteiger partial charge in [-0.25, -0.2) is 0 Å². The highest BCUT2D eigenvalue weighted by atomic mass is 35.5. The minimum absolute atomic E-state index is 0.0385. The maximum Gasteiger partial charge on any atom is 0.302 e. The zero-order chi connectivity index (χ0) is 17.0. The van der Waals surface area contributed by atoms with Crippen molar-refractivity contribution in [1.29, 1.82) is 0 Å². The van der Waals surface area contributed by atoms with E-state index in [0.29, 0.717) is 22.7 Å². The van der Waals surface area contributed by atoms with Crippen LogP contribution in [0.25, 0.3) is 0 Å². The molecule has 0 saturated carbocycles. The number of aromatic nitrogens is 1. The Labute approximate surface area is 141 Å². The molecule has 1 aromatic carbocycles. The van der Waals surface area contributed by atoms with E-state index in [1.54, 1.807) is 24.3 Å². The molecule has 2 rings (SSSR count). The topological polar surface area (TPSA) is 48.3 Å². The van der Waals surface area contributed by atoms with E-state index < -0.39 is 0 Å². The Kier molecular flexibility index (Phi) is 5.61. The minimum Gasteiger partial charge on any atom is -0.463 e. The van der Waals surface area contributed by atoms with Crippen molar-refractivity contribution in [3.63, 3.8) is 0 Å². The van der Waals surface area contributed by atoms with Crippen molar-refractivity contribution < 1.29 is 14.3 Å². The van der Waals surface area contributed by atoms with E-state index in [1.165, 1.54) is 6.92 Å². The predicted octanol–water partition coefficient (Wildman–Crippen LogP) is 3.79. The van der Waals surface area contributed by atoms with E-state index in [1.807, 2.05) is 30.7 Å². The second-order valence-corrected chi connectivity index (χ2v) is 6.00. The summed E-state index contributed by atoms with van der Waals surface area (Å²) in [7, 11) is 1.87. The zero-order valence-electron chi connectivity index (χ0n) is 13.5. The predicted molar refractivity (Wildman–Crippen MR) is 89.8 cm³/mol. The van der Waals surface area contributed by atoms with Gasteiger partial charge in [-0.3, -0.25) is 9.59 Å². The van der Waals surface area contributed by atoms with Crippen molar-refractivity contribution in [2.45, 2.75) is 32.8 Å². The molecule has 122 valence electrons.